The zero-order chi connectivity index (χ0) is 15.6. The molecule has 1 rings (SSSR count). The average Bonchev–Trinajstić information content (AvgIpc) is 2.34. The van der Waals surface area contributed by atoms with Crippen molar-refractivity contribution in [2.24, 2.45) is 0 Å². The summed E-state index contributed by atoms with van der Waals surface area (Å²) in [6.07, 6.45) is 4.17. The fourth-order valence-corrected chi connectivity index (χ4v) is 4.07. The van der Waals surface area contributed by atoms with Crippen LogP contribution in [-0.2, 0) is 9.22 Å². The fraction of sp³-hybridized carbons (Fsp3) is 0.933. The van der Waals surface area contributed by atoms with Crippen LogP contribution < -0.4 is 0 Å². The zero-order valence-corrected chi connectivity index (χ0v) is 16.0. The lowest BCUT2D eigenvalue weighted by atomic mass is 9.81. The monoisotopic (exact) mass is 364 g/mol. The fourth-order valence-electron chi connectivity index (χ4n) is 2.25. The summed E-state index contributed by atoms with van der Waals surface area (Å²) in [4.78, 5) is 12.0. The van der Waals surface area contributed by atoms with Crippen LogP contribution >= 0.6 is 15.9 Å². The van der Waals surface area contributed by atoms with Gasteiger partial charge in [-0.2, -0.15) is 0 Å². The summed E-state index contributed by atoms with van der Waals surface area (Å²) in [6.45, 7) is 11.2. The molecule has 1 atom stereocenters. The number of halogens is 1. The molecule has 0 spiro atoms. The molecular formula is C15H29BrO3Si. The Bertz CT molecular complexity index is 344. The summed E-state index contributed by atoms with van der Waals surface area (Å²) in [7, 11) is -1.85. The van der Waals surface area contributed by atoms with Crippen molar-refractivity contribution in [3.05, 3.63) is 0 Å². The van der Waals surface area contributed by atoms with Gasteiger partial charge < -0.3 is 9.53 Å². The average molecular weight is 365 g/mol. The number of hydrogen-bond acceptors (Lipinski definition) is 3. The molecule has 1 N–H and O–H groups in total. The van der Waals surface area contributed by atoms with E-state index in [0.29, 0.717) is 19.4 Å². The van der Waals surface area contributed by atoms with Gasteiger partial charge in [-0.3, -0.25) is 4.79 Å². The summed E-state index contributed by atoms with van der Waals surface area (Å²) >= 11 is 3.42. The molecule has 3 nitrogen and oxygen atoms in total. The number of carbonyl (C=O) groups excluding carboxylic acids is 1. The zero-order valence-electron chi connectivity index (χ0n) is 13.5. The SMILES string of the molecule is CC(C)(C)[Si](C)(C)OCC(Br)C(=O)C1(O)CCCCC1. The van der Waals surface area contributed by atoms with Crippen LogP contribution in [0.5, 0.6) is 0 Å². The van der Waals surface area contributed by atoms with E-state index in [0.717, 1.165) is 19.3 Å². The number of ketones is 1. The van der Waals surface area contributed by atoms with Crippen molar-refractivity contribution in [1.29, 1.82) is 0 Å². The Hall–Kier alpha value is 0.287. The normalized spacial score (nSPS) is 21.6. The van der Waals surface area contributed by atoms with E-state index in [1.807, 2.05) is 0 Å². The van der Waals surface area contributed by atoms with Gasteiger partial charge in [-0.25, -0.2) is 0 Å². The molecule has 1 aliphatic rings. The van der Waals surface area contributed by atoms with Gasteiger partial charge in [-0.1, -0.05) is 56.0 Å². The van der Waals surface area contributed by atoms with E-state index in [4.69, 9.17) is 4.43 Å². The van der Waals surface area contributed by atoms with Crippen LogP contribution in [0.15, 0.2) is 0 Å². The second-order valence-corrected chi connectivity index (χ2v) is 13.4. The van der Waals surface area contributed by atoms with E-state index >= 15 is 0 Å². The first-order valence-electron chi connectivity index (χ1n) is 7.54. The number of aliphatic hydroxyl groups is 1. The van der Waals surface area contributed by atoms with Gasteiger partial charge in [0.1, 0.15) is 5.60 Å². The van der Waals surface area contributed by atoms with Crippen LogP contribution in [-0.4, -0.2) is 36.2 Å². The van der Waals surface area contributed by atoms with Crippen molar-refractivity contribution < 1.29 is 14.3 Å². The van der Waals surface area contributed by atoms with Crippen LogP contribution in [0.3, 0.4) is 0 Å². The van der Waals surface area contributed by atoms with Crippen LogP contribution in [0.1, 0.15) is 52.9 Å². The van der Waals surface area contributed by atoms with Gasteiger partial charge in [0.2, 0.25) is 0 Å². The predicted molar refractivity (Wildman–Crippen MR) is 88.9 cm³/mol. The number of rotatable bonds is 5. The van der Waals surface area contributed by atoms with Gasteiger partial charge in [-0.15, -0.1) is 0 Å². The van der Waals surface area contributed by atoms with E-state index in [2.05, 4.69) is 49.8 Å². The Morgan fingerprint density at radius 3 is 2.25 bits per heavy atom. The summed E-state index contributed by atoms with van der Waals surface area (Å²) in [5.41, 5.74) is -1.14. The molecule has 0 aliphatic heterocycles. The Balaban J connectivity index is 2.58. The van der Waals surface area contributed by atoms with Gasteiger partial charge in [0.15, 0.2) is 14.1 Å². The molecule has 0 amide bonds. The van der Waals surface area contributed by atoms with Crippen molar-refractivity contribution >= 4 is 30.0 Å². The van der Waals surface area contributed by atoms with Crippen LogP contribution in [0.4, 0.5) is 0 Å². The van der Waals surface area contributed by atoms with Crippen molar-refractivity contribution in [3.8, 4) is 0 Å². The molecule has 0 aromatic heterocycles. The Morgan fingerprint density at radius 2 is 1.80 bits per heavy atom. The van der Waals surface area contributed by atoms with Crippen LogP contribution in [0.25, 0.3) is 0 Å². The first kappa shape index (κ1) is 18.3. The molecule has 0 aromatic carbocycles. The first-order chi connectivity index (χ1) is 9.00. The lowest BCUT2D eigenvalue weighted by Crippen LogP contribution is -2.48. The molecule has 1 unspecified atom stereocenters. The Morgan fingerprint density at radius 1 is 1.30 bits per heavy atom. The molecule has 20 heavy (non-hydrogen) atoms. The quantitative estimate of drug-likeness (QED) is 0.591. The van der Waals surface area contributed by atoms with Gasteiger partial charge in [0.05, 0.1) is 11.4 Å². The highest BCUT2D eigenvalue weighted by atomic mass is 79.9. The molecule has 0 saturated heterocycles. The van der Waals surface area contributed by atoms with Crippen molar-refractivity contribution in [2.75, 3.05) is 6.61 Å². The summed E-state index contributed by atoms with van der Waals surface area (Å²) in [5.74, 6) is -0.101. The van der Waals surface area contributed by atoms with Crippen molar-refractivity contribution in [3.63, 3.8) is 0 Å². The van der Waals surface area contributed by atoms with E-state index in [1.165, 1.54) is 0 Å². The third-order valence-corrected chi connectivity index (χ3v) is 10.0. The highest BCUT2D eigenvalue weighted by molar-refractivity contribution is 9.10. The molecule has 0 aromatic rings. The van der Waals surface area contributed by atoms with Gasteiger partial charge >= 0.3 is 0 Å². The molecule has 0 bridgehead atoms. The third-order valence-electron chi connectivity index (χ3n) is 4.82. The lowest BCUT2D eigenvalue weighted by Gasteiger charge is -2.37. The molecule has 0 heterocycles. The largest absolute Gasteiger partial charge is 0.415 e. The first-order valence-corrected chi connectivity index (χ1v) is 11.4. The van der Waals surface area contributed by atoms with Crippen LogP contribution in [0.2, 0.25) is 18.1 Å². The standard InChI is InChI=1S/C15H29BrO3Si/c1-14(2,3)20(4,5)19-11-12(16)13(17)15(18)9-7-6-8-10-15/h12,18H,6-11H2,1-5H3. The molecule has 1 fully saturated rings. The third kappa shape index (κ3) is 4.39. The summed E-state index contributed by atoms with van der Waals surface area (Å²) < 4.78 is 6.07. The molecule has 0 radical (unpaired) electrons. The van der Waals surface area contributed by atoms with Crippen molar-refractivity contribution in [2.45, 2.75) is 81.4 Å². The number of hydrogen-bond donors (Lipinski definition) is 1. The molecule has 5 heteroatoms. The molecule has 1 saturated carbocycles. The molecule has 118 valence electrons. The summed E-state index contributed by atoms with van der Waals surface area (Å²) in [6, 6.07) is 0. The maximum atomic E-state index is 12.4. The van der Waals surface area contributed by atoms with Gasteiger partial charge in [-0.05, 0) is 31.0 Å². The second-order valence-electron chi connectivity index (χ2n) is 7.50. The smallest absolute Gasteiger partial charge is 0.192 e. The minimum atomic E-state index is -1.85. The molecule has 1 aliphatic carbocycles. The minimum Gasteiger partial charge on any atom is -0.415 e. The van der Waals surface area contributed by atoms with Gasteiger partial charge in [0.25, 0.3) is 0 Å². The maximum Gasteiger partial charge on any atom is 0.192 e. The van der Waals surface area contributed by atoms with E-state index in [-0.39, 0.29) is 10.8 Å². The molecular weight excluding hydrogens is 336 g/mol. The van der Waals surface area contributed by atoms with Crippen molar-refractivity contribution in [1.82, 2.24) is 0 Å². The van der Waals surface area contributed by atoms with E-state index < -0.39 is 18.7 Å². The topological polar surface area (TPSA) is 46.5 Å². The van der Waals surface area contributed by atoms with E-state index in [9.17, 15) is 9.90 Å². The highest BCUT2D eigenvalue weighted by Crippen LogP contribution is 2.37. The highest BCUT2D eigenvalue weighted by Gasteiger charge is 2.42. The minimum absolute atomic E-state index is 0.101. The Labute approximate surface area is 132 Å². The predicted octanol–water partition coefficient (Wildman–Crippen LogP) is 4.04. The lowest BCUT2D eigenvalue weighted by molar-refractivity contribution is -0.140. The number of alkyl halides is 1. The summed E-state index contributed by atoms with van der Waals surface area (Å²) in [5, 5.41) is 10.6. The second kappa shape index (κ2) is 6.59. The number of Topliss-reactive ketones (excluding diaryl/α,β-unsaturated/α-hetero) is 1. The number of carbonyl (C=O) groups is 1. The van der Waals surface area contributed by atoms with Crippen LogP contribution in [0, 0.1) is 0 Å². The Kier molecular flexibility index (Phi) is 6.04. The van der Waals surface area contributed by atoms with Gasteiger partial charge in [0, 0.05) is 0 Å². The van der Waals surface area contributed by atoms with E-state index in [1.54, 1.807) is 0 Å². The maximum absolute atomic E-state index is 12.4.